The lowest BCUT2D eigenvalue weighted by molar-refractivity contribution is -0.131. The molecule has 1 aliphatic heterocycles. The minimum Gasteiger partial charge on any atom is -0.358 e. The van der Waals surface area contributed by atoms with Gasteiger partial charge in [-0.15, -0.1) is 0 Å². The van der Waals surface area contributed by atoms with E-state index in [2.05, 4.69) is 17.1 Å². The maximum Gasteiger partial charge on any atom is 0.285 e. The molecule has 126 valence electrons. The second-order valence-electron chi connectivity index (χ2n) is 6.79. The maximum atomic E-state index is 12.4. The second-order valence-corrected chi connectivity index (χ2v) is 7.16. The SMILES string of the molecule is CC1CCC(CN2CCN(c3cn[nH]c(=O)c3Cl)CC2=O)CC1. The van der Waals surface area contributed by atoms with Gasteiger partial charge in [0, 0.05) is 19.6 Å². The molecule has 7 heteroatoms. The Hall–Kier alpha value is -1.56. The predicted octanol–water partition coefficient (Wildman–Crippen LogP) is 1.90. The smallest absolute Gasteiger partial charge is 0.285 e. The molecule has 0 bridgehead atoms. The number of carbonyl (C=O) groups is 1. The van der Waals surface area contributed by atoms with Crippen molar-refractivity contribution in [2.75, 3.05) is 31.1 Å². The maximum absolute atomic E-state index is 12.4. The van der Waals surface area contributed by atoms with Crippen LogP contribution in [0.3, 0.4) is 0 Å². The minimum absolute atomic E-state index is 0.0996. The van der Waals surface area contributed by atoms with E-state index >= 15 is 0 Å². The lowest BCUT2D eigenvalue weighted by Crippen LogP contribution is -2.52. The zero-order valence-corrected chi connectivity index (χ0v) is 14.2. The summed E-state index contributed by atoms with van der Waals surface area (Å²) in [5.41, 5.74) is 0.116. The van der Waals surface area contributed by atoms with Crippen molar-refractivity contribution < 1.29 is 4.79 Å². The van der Waals surface area contributed by atoms with Crippen LogP contribution in [0.1, 0.15) is 32.6 Å². The monoisotopic (exact) mass is 338 g/mol. The third kappa shape index (κ3) is 3.68. The van der Waals surface area contributed by atoms with Crippen molar-refractivity contribution in [3.63, 3.8) is 0 Å². The van der Waals surface area contributed by atoms with Crippen LogP contribution in [-0.4, -0.2) is 47.2 Å². The predicted molar refractivity (Wildman–Crippen MR) is 89.8 cm³/mol. The van der Waals surface area contributed by atoms with Crippen molar-refractivity contribution in [3.05, 3.63) is 21.6 Å². The highest BCUT2D eigenvalue weighted by Gasteiger charge is 2.29. The van der Waals surface area contributed by atoms with Crippen LogP contribution < -0.4 is 10.5 Å². The molecular weight excluding hydrogens is 316 g/mol. The molecule has 1 aliphatic carbocycles. The molecule has 3 rings (SSSR count). The van der Waals surface area contributed by atoms with Crippen LogP contribution in [0.15, 0.2) is 11.0 Å². The van der Waals surface area contributed by atoms with E-state index in [1.54, 1.807) is 0 Å². The third-order valence-electron chi connectivity index (χ3n) is 5.05. The van der Waals surface area contributed by atoms with Gasteiger partial charge in [0.15, 0.2) is 0 Å². The Labute approximate surface area is 140 Å². The van der Waals surface area contributed by atoms with Crippen LogP contribution >= 0.6 is 11.6 Å². The fourth-order valence-electron chi connectivity index (χ4n) is 3.53. The summed E-state index contributed by atoms with van der Waals surface area (Å²) in [6.07, 6.45) is 6.49. The average molecular weight is 339 g/mol. The van der Waals surface area contributed by atoms with Crippen molar-refractivity contribution in [2.45, 2.75) is 32.6 Å². The molecule has 2 heterocycles. The van der Waals surface area contributed by atoms with Gasteiger partial charge in [0.25, 0.3) is 5.56 Å². The van der Waals surface area contributed by atoms with Crippen molar-refractivity contribution >= 4 is 23.2 Å². The molecule has 1 aromatic heterocycles. The van der Waals surface area contributed by atoms with Gasteiger partial charge in [-0.05, 0) is 24.7 Å². The summed E-state index contributed by atoms with van der Waals surface area (Å²) < 4.78 is 0. The largest absolute Gasteiger partial charge is 0.358 e. The fraction of sp³-hybridized carbons (Fsp3) is 0.688. The Kier molecular flexibility index (Phi) is 4.90. The van der Waals surface area contributed by atoms with Gasteiger partial charge in [-0.2, -0.15) is 5.10 Å². The number of nitrogens with zero attached hydrogens (tertiary/aromatic N) is 3. The van der Waals surface area contributed by atoms with E-state index in [1.807, 2.05) is 9.80 Å². The Morgan fingerprint density at radius 3 is 2.70 bits per heavy atom. The number of piperazine rings is 1. The number of rotatable bonds is 3. The van der Waals surface area contributed by atoms with Gasteiger partial charge in [-0.3, -0.25) is 9.59 Å². The fourth-order valence-corrected chi connectivity index (χ4v) is 3.74. The molecule has 1 aromatic rings. The van der Waals surface area contributed by atoms with E-state index < -0.39 is 5.56 Å². The first-order valence-electron chi connectivity index (χ1n) is 8.30. The number of H-pyrrole nitrogens is 1. The van der Waals surface area contributed by atoms with Crippen LogP contribution in [0.4, 0.5) is 5.69 Å². The normalized spacial score (nSPS) is 25.7. The number of nitrogens with one attached hydrogen (secondary N) is 1. The minimum atomic E-state index is -0.421. The highest BCUT2D eigenvalue weighted by atomic mass is 35.5. The van der Waals surface area contributed by atoms with E-state index in [1.165, 1.54) is 31.9 Å². The molecule has 23 heavy (non-hydrogen) atoms. The molecule has 1 saturated heterocycles. The molecule has 2 aliphatic rings. The number of amides is 1. The summed E-state index contributed by atoms with van der Waals surface area (Å²) in [5, 5.41) is 6.17. The summed E-state index contributed by atoms with van der Waals surface area (Å²) in [7, 11) is 0. The lowest BCUT2D eigenvalue weighted by Gasteiger charge is -2.38. The van der Waals surface area contributed by atoms with Crippen LogP contribution in [0.5, 0.6) is 0 Å². The average Bonchev–Trinajstić information content (AvgIpc) is 2.54. The molecule has 0 unspecified atom stereocenters. The summed E-state index contributed by atoms with van der Waals surface area (Å²) in [6, 6.07) is 0. The van der Waals surface area contributed by atoms with Gasteiger partial charge in [0.1, 0.15) is 5.02 Å². The molecule has 6 nitrogen and oxygen atoms in total. The second kappa shape index (κ2) is 6.91. The summed E-state index contributed by atoms with van der Waals surface area (Å²) >= 11 is 6.03. The number of anilines is 1. The van der Waals surface area contributed by atoms with Crippen molar-refractivity contribution in [1.29, 1.82) is 0 Å². The number of aromatic nitrogens is 2. The van der Waals surface area contributed by atoms with E-state index in [4.69, 9.17) is 11.6 Å². The molecular formula is C16H23ClN4O2. The first kappa shape index (κ1) is 16.3. The number of aromatic amines is 1. The molecule has 0 aromatic carbocycles. The Morgan fingerprint density at radius 1 is 1.26 bits per heavy atom. The van der Waals surface area contributed by atoms with Gasteiger partial charge in [0.2, 0.25) is 5.91 Å². The van der Waals surface area contributed by atoms with Gasteiger partial charge in [-0.1, -0.05) is 31.4 Å². The molecule has 0 spiro atoms. The zero-order chi connectivity index (χ0) is 16.4. The van der Waals surface area contributed by atoms with E-state index in [-0.39, 0.29) is 17.5 Å². The topological polar surface area (TPSA) is 69.3 Å². The number of hydrogen-bond acceptors (Lipinski definition) is 4. The van der Waals surface area contributed by atoms with Crippen molar-refractivity contribution in [3.8, 4) is 0 Å². The first-order valence-corrected chi connectivity index (χ1v) is 8.68. The quantitative estimate of drug-likeness (QED) is 0.914. The molecule has 0 atom stereocenters. The number of carbonyl (C=O) groups excluding carboxylic acids is 1. The van der Waals surface area contributed by atoms with Crippen LogP contribution in [0.25, 0.3) is 0 Å². The molecule has 0 radical (unpaired) electrons. The van der Waals surface area contributed by atoms with E-state index in [0.29, 0.717) is 24.7 Å². The van der Waals surface area contributed by atoms with Gasteiger partial charge in [0.05, 0.1) is 18.4 Å². The Morgan fingerprint density at radius 2 is 2.00 bits per heavy atom. The van der Waals surface area contributed by atoms with Crippen molar-refractivity contribution in [1.82, 2.24) is 15.1 Å². The highest BCUT2D eigenvalue weighted by molar-refractivity contribution is 6.33. The number of halogens is 1. The molecule has 1 amide bonds. The highest BCUT2D eigenvalue weighted by Crippen LogP contribution is 2.29. The molecule has 1 N–H and O–H groups in total. The molecule has 2 fully saturated rings. The summed E-state index contributed by atoms with van der Waals surface area (Å²) in [6.45, 7) is 4.78. The van der Waals surface area contributed by atoms with Crippen LogP contribution in [0.2, 0.25) is 5.02 Å². The van der Waals surface area contributed by atoms with Gasteiger partial charge >= 0.3 is 0 Å². The Balaban J connectivity index is 1.60. The Bertz CT molecular complexity index is 625. The summed E-state index contributed by atoms with van der Waals surface area (Å²) in [5.74, 6) is 1.56. The number of hydrogen-bond donors (Lipinski definition) is 1. The zero-order valence-electron chi connectivity index (χ0n) is 13.4. The first-order chi connectivity index (χ1) is 11.0. The van der Waals surface area contributed by atoms with Crippen LogP contribution in [-0.2, 0) is 4.79 Å². The van der Waals surface area contributed by atoms with Crippen molar-refractivity contribution in [2.24, 2.45) is 11.8 Å². The summed E-state index contributed by atoms with van der Waals surface area (Å²) in [4.78, 5) is 27.8. The lowest BCUT2D eigenvalue weighted by atomic mass is 9.83. The van der Waals surface area contributed by atoms with Gasteiger partial charge < -0.3 is 9.80 Å². The standard InChI is InChI=1S/C16H23ClN4O2/c1-11-2-4-12(5-3-11)9-21-7-6-20(10-14(21)22)13-8-18-19-16(23)15(13)17/h8,11-12H,2-7,9-10H2,1H3,(H,19,23). The van der Waals surface area contributed by atoms with Gasteiger partial charge in [-0.25, -0.2) is 5.10 Å². The van der Waals surface area contributed by atoms with Crippen LogP contribution in [0, 0.1) is 11.8 Å². The third-order valence-corrected chi connectivity index (χ3v) is 5.42. The van der Waals surface area contributed by atoms with E-state index in [0.717, 1.165) is 12.5 Å². The molecule has 1 saturated carbocycles. The van der Waals surface area contributed by atoms with E-state index in [9.17, 15) is 9.59 Å².